The van der Waals surface area contributed by atoms with E-state index in [1.165, 1.54) is 6.92 Å². The third-order valence-electron chi connectivity index (χ3n) is 2.82. The first-order valence-corrected chi connectivity index (χ1v) is 6.16. The molecule has 0 aliphatic heterocycles. The van der Waals surface area contributed by atoms with E-state index in [9.17, 15) is 9.59 Å². The van der Waals surface area contributed by atoms with E-state index >= 15 is 0 Å². The van der Waals surface area contributed by atoms with E-state index in [2.05, 4.69) is 15.6 Å². The first-order valence-electron chi connectivity index (χ1n) is 6.16. The van der Waals surface area contributed by atoms with E-state index in [4.69, 9.17) is 0 Å². The van der Waals surface area contributed by atoms with Gasteiger partial charge in [-0.3, -0.25) is 9.78 Å². The molecule has 0 fully saturated rings. The molecule has 1 heterocycles. The number of nitrogens with zero attached hydrogens (tertiary/aromatic N) is 1. The third kappa shape index (κ3) is 3.41. The molecule has 1 aromatic heterocycles. The topological polar surface area (TPSA) is 71.1 Å². The normalized spacial score (nSPS) is 9.90. The standard InChI is InChI=1S/C15H15N3O2/c1-10-9-16-8-7-14(10)18-15(20)17-13-5-3-12(4-6-13)11(2)19/h3-9H,1-2H3,(H2,16,17,18,20). The summed E-state index contributed by atoms with van der Waals surface area (Å²) in [5, 5.41) is 5.44. The number of carbonyl (C=O) groups excluding carboxylic acids is 2. The van der Waals surface area contributed by atoms with Gasteiger partial charge in [-0.1, -0.05) is 0 Å². The highest BCUT2D eigenvalue weighted by atomic mass is 16.2. The number of nitrogens with one attached hydrogen (secondary N) is 2. The quantitative estimate of drug-likeness (QED) is 0.840. The molecule has 0 saturated carbocycles. The Morgan fingerprint density at radius 1 is 1.05 bits per heavy atom. The van der Waals surface area contributed by atoms with Crippen LogP contribution in [0.4, 0.5) is 16.2 Å². The highest BCUT2D eigenvalue weighted by Gasteiger charge is 2.05. The maximum absolute atomic E-state index is 11.8. The van der Waals surface area contributed by atoms with Gasteiger partial charge in [0.1, 0.15) is 0 Å². The predicted octanol–water partition coefficient (Wildman–Crippen LogP) is 3.24. The molecule has 5 nitrogen and oxygen atoms in total. The molecule has 0 saturated heterocycles. The average Bonchev–Trinajstić information content (AvgIpc) is 2.42. The number of Topliss-reactive ketones (excluding diaryl/α,β-unsaturated/α-hetero) is 1. The summed E-state index contributed by atoms with van der Waals surface area (Å²) in [5.74, 6) is -0.00610. The zero-order chi connectivity index (χ0) is 14.5. The molecule has 2 aromatic rings. The average molecular weight is 269 g/mol. The van der Waals surface area contributed by atoms with Crippen molar-refractivity contribution in [1.82, 2.24) is 4.98 Å². The Morgan fingerprint density at radius 3 is 2.35 bits per heavy atom. The van der Waals surface area contributed by atoms with Gasteiger partial charge >= 0.3 is 6.03 Å². The minimum atomic E-state index is -0.338. The Balaban J connectivity index is 2.01. The van der Waals surface area contributed by atoms with E-state index in [0.717, 1.165) is 5.56 Å². The first kappa shape index (κ1) is 13.7. The zero-order valence-electron chi connectivity index (χ0n) is 11.3. The number of aryl methyl sites for hydroxylation is 1. The Hall–Kier alpha value is -2.69. The minimum absolute atomic E-state index is 0.00610. The summed E-state index contributed by atoms with van der Waals surface area (Å²) in [6.07, 6.45) is 3.29. The molecular formula is C15H15N3O2. The van der Waals surface area contributed by atoms with Crippen molar-refractivity contribution in [1.29, 1.82) is 0 Å². The van der Waals surface area contributed by atoms with Crippen molar-refractivity contribution in [3.05, 3.63) is 53.9 Å². The van der Waals surface area contributed by atoms with Crippen molar-refractivity contribution in [2.75, 3.05) is 10.6 Å². The summed E-state index contributed by atoms with van der Waals surface area (Å²) >= 11 is 0. The van der Waals surface area contributed by atoms with E-state index in [-0.39, 0.29) is 11.8 Å². The van der Waals surface area contributed by atoms with Gasteiger partial charge in [0.15, 0.2) is 5.78 Å². The fraction of sp³-hybridized carbons (Fsp3) is 0.133. The van der Waals surface area contributed by atoms with Gasteiger partial charge in [-0.15, -0.1) is 0 Å². The van der Waals surface area contributed by atoms with Crippen LogP contribution in [0.15, 0.2) is 42.7 Å². The molecule has 2 rings (SSSR count). The number of aromatic nitrogens is 1. The molecule has 0 spiro atoms. The molecule has 0 bridgehead atoms. The second kappa shape index (κ2) is 5.97. The number of ketones is 1. The molecule has 20 heavy (non-hydrogen) atoms. The van der Waals surface area contributed by atoms with Crippen LogP contribution in [-0.4, -0.2) is 16.8 Å². The largest absolute Gasteiger partial charge is 0.323 e. The van der Waals surface area contributed by atoms with Gasteiger partial charge in [0.25, 0.3) is 0 Å². The molecule has 5 heteroatoms. The van der Waals surface area contributed by atoms with Crippen LogP contribution in [0, 0.1) is 6.92 Å². The molecule has 0 unspecified atom stereocenters. The van der Waals surface area contributed by atoms with Crippen molar-refractivity contribution in [2.24, 2.45) is 0 Å². The number of anilines is 2. The lowest BCUT2D eigenvalue weighted by Gasteiger charge is -2.09. The molecule has 0 aliphatic rings. The zero-order valence-corrected chi connectivity index (χ0v) is 11.3. The summed E-state index contributed by atoms with van der Waals surface area (Å²) in [5.41, 5.74) is 2.83. The van der Waals surface area contributed by atoms with Crippen LogP contribution in [-0.2, 0) is 0 Å². The maximum Gasteiger partial charge on any atom is 0.323 e. The molecule has 0 aliphatic carbocycles. The van der Waals surface area contributed by atoms with Crippen molar-refractivity contribution in [2.45, 2.75) is 13.8 Å². The van der Waals surface area contributed by atoms with Crippen LogP contribution in [0.3, 0.4) is 0 Å². The Morgan fingerprint density at radius 2 is 1.75 bits per heavy atom. The van der Waals surface area contributed by atoms with Crippen LogP contribution in [0.25, 0.3) is 0 Å². The number of rotatable bonds is 3. The van der Waals surface area contributed by atoms with Crippen LogP contribution in [0.2, 0.25) is 0 Å². The first-order chi connectivity index (χ1) is 9.56. The Kier molecular flexibility index (Phi) is 4.10. The van der Waals surface area contributed by atoms with Crippen molar-refractivity contribution in [3.63, 3.8) is 0 Å². The lowest BCUT2D eigenvalue weighted by atomic mass is 10.1. The number of pyridine rings is 1. The monoisotopic (exact) mass is 269 g/mol. The molecule has 2 amide bonds. The van der Waals surface area contributed by atoms with Crippen LogP contribution in [0.1, 0.15) is 22.8 Å². The lowest BCUT2D eigenvalue weighted by Crippen LogP contribution is -2.20. The second-order valence-electron chi connectivity index (χ2n) is 4.40. The van der Waals surface area contributed by atoms with Crippen molar-refractivity contribution < 1.29 is 9.59 Å². The number of benzene rings is 1. The highest BCUT2D eigenvalue weighted by molar-refractivity contribution is 6.00. The van der Waals surface area contributed by atoms with Gasteiger partial charge in [-0.2, -0.15) is 0 Å². The van der Waals surface area contributed by atoms with E-state index in [1.807, 2.05) is 6.92 Å². The summed E-state index contributed by atoms with van der Waals surface area (Å²) in [6.45, 7) is 3.37. The van der Waals surface area contributed by atoms with Gasteiger partial charge in [0.05, 0.1) is 0 Å². The Labute approximate surface area is 117 Å². The second-order valence-corrected chi connectivity index (χ2v) is 4.40. The van der Waals surface area contributed by atoms with Gasteiger partial charge in [-0.25, -0.2) is 4.79 Å². The van der Waals surface area contributed by atoms with E-state index in [0.29, 0.717) is 16.9 Å². The van der Waals surface area contributed by atoms with Gasteiger partial charge < -0.3 is 10.6 Å². The number of urea groups is 1. The summed E-state index contributed by atoms with van der Waals surface area (Å²) < 4.78 is 0. The summed E-state index contributed by atoms with van der Waals surface area (Å²) in [4.78, 5) is 27.0. The molecule has 102 valence electrons. The van der Waals surface area contributed by atoms with Gasteiger partial charge in [-0.05, 0) is 49.7 Å². The van der Waals surface area contributed by atoms with Gasteiger partial charge in [0, 0.05) is 29.3 Å². The van der Waals surface area contributed by atoms with Crippen LogP contribution in [0.5, 0.6) is 0 Å². The predicted molar refractivity (Wildman–Crippen MR) is 78.1 cm³/mol. The van der Waals surface area contributed by atoms with Crippen molar-refractivity contribution >= 4 is 23.2 Å². The number of amides is 2. The molecule has 1 aromatic carbocycles. The van der Waals surface area contributed by atoms with E-state index < -0.39 is 0 Å². The van der Waals surface area contributed by atoms with Gasteiger partial charge in [0.2, 0.25) is 0 Å². The third-order valence-corrected chi connectivity index (χ3v) is 2.82. The number of hydrogen-bond donors (Lipinski definition) is 2. The fourth-order valence-electron chi connectivity index (χ4n) is 1.69. The lowest BCUT2D eigenvalue weighted by molar-refractivity contribution is 0.101. The number of carbonyl (C=O) groups is 2. The highest BCUT2D eigenvalue weighted by Crippen LogP contribution is 2.13. The molecule has 2 N–H and O–H groups in total. The number of hydrogen-bond acceptors (Lipinski definition) is 3. The Bertz CT molecular complexity index is 636. The van der Waals surface area contributed by atoms with Crippen molar-refractivity contribution in [3.8, 4) is 0 Å². The minimum Gasteiger partial charge on any atom is -0.308 e. The summed E-state index contributed by atoms with van der Waals surface area (Å²) in [6, 6.07) is 8.12. The molecule has 0 atom stereocenters. The SMILES string of the molecule is CC(=O)c1ccc(NC(=O)Nc2ccncc2C)cc1. The summed E-state index contributed by atoms with van der Waals surface area (Å²) in [7, 11) is 0. The van der Waals surface area contributed by atoms with E-state index in [1.54, 1.807) is 42.7 Å². The molecule has 0 radical (unpaired) electrons. The molecular weight excluding hydrogens is 254 g/mol. The smallest absolute Gasteiger partial charge is 0.308 e. The van der Waals surface area contributed by atoms with Crippen LogP contribution >= 0.6 is 0 Å². The van der Waals surface area contributed by atoms with Crippen LogP contribution < -0.4 is 10.6 Å². The maximum atomic E-state index is 11.8. The fourth-order valence-corrected chi connectivity index (χ4v) is 1.69.